The molecule has 0 saturated carbocycles. The summed E-state index contributed by atoms with van der Waals surface area (Å²) in [7, 11) is 0. The van der Waals surface area contributed by atoms with Crippen LogP contribution in [0.25, 0.3) is 6.08 Å². The van der Waals surface area contributed by atoms with Gasteiger partial charge >= 0.3 is 5.97 Å². The van der Waals surface area contributed by atoms with Gasteiger partial charge in [-0.25, -0.2) is 10.1 Å². The maximum absolute atomic E-state index is 10.1. The van der Waals surface area contributed by atoms with Gasteiger partial charge < -0.3 is 5.11 Å². The lowest BCUT2D eigenvalue weighted by molar-refractivity contribution is -0.131. The van der Waals surface area contributed by atoms with Crippen LogP contribution in [0.4, 0.5) is 0 Å². The first kappa shape index (κ1) is 12.7. The van der Waals surface area contributed by atoms with Crippen LogP contribution in [-0.4, -0.2) is 11.1 Å². The van der Waals surface area contributed by atoms with Gasteiger partial charge in [-0.05, 0) is 5.56 Å². The number of aliphatic carboxylic acids is 1. The van der Waals surface area contributed by atoms with Gasteiger partial charge in [0.05, 0.1) is 0 Å². The fourth-order valence-corrected chi connectivity index (χ4v) is 0.869. The summed E-state index contributed by atoms with van der Waals surface area (Å²) < 4.78 is 0. The van der Waals surface area contributed by atoms with Crippen LogP contribution in [-0.2, 0) is 4.79 Å². The molecule has 0 unspecified atom stereocenters. The number of nitrogens with zero attached hydrogens (tertiary/aromatic N) is 1. The van der Waals surface area contributed by atoms with Gasteiger partial charge in [0.2, 0.25) is 0 Å². The number of hydrogen-bond donors (Lipinski definition) is 1. The zero-order valence-electron chi connectivity index (χ0n) is 8.08. The molecule has 3 heteroatoms. The summed E-state index contributed by atoms with van der Waals surface area (Å²) in [6.45, 7) is 3.50. The van der Waals surface area contributed by atoms with Crippen molar-refractivity contribution >= 4 is 12.0 Å². The van der Waals surface area contributed by atoms with E-state index in [1.165, 1.54) is 6.08 Å². The van der Waals surface area contributed by atoms with Crippen molar-refractivity contribution in [1.82, 2.24) is 0 Å². The van der Waals surface area contributed by atoms with Gasteiger partial charge in [0.1, 0.15) is 0 Å². The molecule has 76 valence electrons. The number of hydrogen-bond acceptors (Lipinski definition) is 2. The van der Waals surface area contributed by atoms with Gasteiger partial charge in [0.15, 0.2) is 0 Å². The summed E-state index contributed by atoms with van der Waals surface area (Å²) in [6, 6.07) is 9.70. The SMILES string of the molecule is C#N.O=C(O)C=CC=Cc1ccccc1. The number of carboxylic acid groups (broad SMARTS) is 1. The monoisotopic (exact) mass is 201 g/mol. The van der Waals surface area contributed by atoms with Crippen molar-refractivity contribution in [3.8, 4) is 6.57 Å². The van der Waals surface area contributed by atoms with Gasteiger partial charge in [-0.15, -0.1) is 0 Å². The van der Waals surface area contributed by atoms with E-state index in [2.05, 4.69) is 6.57 Å². The molecule has 0 amide bonds. The second-order valence-electron chi connectivity index (χ2n) is 2.47. The molecule has 0 atom stereocenters. The molecule has 1 aromatic rings. The fraction of sp³-hybridized carbons (Fsp3) is 0. The van der Waals surface area contributed by atoms with Crippen LogP contribution in [0.3, 0.4) is 0 Å². The maximum Gasteiger partial charge on any atom is 0.328 e. The Labute approximate surface area is 88.6 Å². The van der Waals surface area contributed by atoms with Gasteiger partial charge in [-0.2, -0.15) is 0 Å². The average Bonchev–Trinajstić information content (AvgIpc) is 2.28. The van der Waals surface area contributed by atoms with E-state index >= 15 is 0 Å². The van der Waals surface area contributed by atoms with E-state index in [0.717, 1.165) is 11.6 Å². The number of nitriles is 1. The van der Waals surface area contributed by atoms with E-state index in [1.807, 2.05) is 36.4 Å². The van der Waals surface area contributed by atoms with Crippen molar-refractivity contribution in [3.05, 3.63) is 54.1 Å². The number of allylic oxidation sites excluding steroid dienone is 2. The minimum Gasteiger partial charge on any atom is -0.478 e. The second kappa shape index (κ2) is 8.27. The highest BCUT2D eigenvalue weighted by atomic mass is 16.4. The van der Waals surface area contributed by atoms with Crippen LogP contribution < -0.4 is 0 Å². The first-order valence-corrected chi connectivity index (χ1v) is 4.17. The van der Waals surface area contributed by atoms with Crippen molar-refractivity contribution in [3.63, 3.8) is 0 Å². The largest absolute Gasteiger partial charge is 0.478 e. The van der Waals surface area contributed by atoms with Crippen molar-refractivity contribution in [1.29, 1.82) is 5.26 Å². The highest BCUT2D eigenvalue weighted by molar-refractivity contribution is 5.80. The molecule has 0 aliphatic rings. The smallest absolute Gasteiger partial charge is 0.328 e. The van der Waals surface area contributed by atoms with E-state index in [1.54, 1.807) is 6.08 Å². The molecular formula is C12H11NO2. The predicted octanol–water partition coefficient (Wildman–Crippen LogP) is 2.48. The van der Waals surface area contributed by atoms with Crippen LogP contribution >= 0.6 is 0 Å². The number of carboxylic acids is 1. The first-order chi connectivity index (χ1) is 7.29. The second-order valence-corrected chi connectivity index (χ2v) is 2.47. The lowest BCUT2D eigenvalue weighted by atomic mass is 10.2. The summed E-state index contributed by atoms with van der Waals surface area (Å²) in [5.74, 6) is -0.933. The minimum absolute atomic E-state index is 0.933. The Balaban J connectivity index is 0.000000921. The van der Waals surface area contributed by atoms with E-state index in [4.69, 9.17) is 10.4 Å². The molecule has 0 radical (unpaired) electrons. The molecule has 1 rings (SSSR count). The summed E-state index contributed by atoms with van der Waals surface area (Å²) >= 11 is 0. The number of rotatable bonds is 3. The highest BCUT2D eigenvalue weighted by Gasteiger charge is 1.82. The van der Waals surface area contributed by atoms with E-state index in [9.17, 15) is 4.79 Å². The molecule has 0 saturated heterocycles. The van der Waals surface area contributed by atoms with Gasteiger partial charge in [-0.1, -0.05) is 48.6 Å². The molecule has 15 heavy (non-hydrogen) atoms. The van der Waals surface area contributed by atoms with Crippen LogP contribution in [0.5, 0.6) is 0 Å². The quantitative estimate of drug-likeness (QED) is 0.603. The Hall–Kier alpha value is -2.34. The standard InChI is InChI=1S/C11H10O2.CHN/c12-11(13)9-5-4-8-10-6-2-1-3-7-10;1-2/h1-9H,(H,12,13);1H. The van der Waals surface area contributed by atoms with E-state index < -0.39 is 5.97 Å². The molecular weight excluding hydrogens is 190 g/mol. The lowest BCUT2D eigenvalue weighted by Crippen LogP contribution is -1.84. The summed E-state index contributed by atoms with van der Waals surface area (Å²) in [4.78, 5) is 10.1. The number of carbonyl (C=O) groups is 1. The zero-order chi connectivity index (χ0) is 11.5. The first-order valence-electron chi connectivity index (χ1n) is 4.17. The van der Waals surface area contributed by atoms with Crippen molar-refractivity contribution < 1.29 is 9.90 Å². The third kappa shape index (κ3) is 6.79. The zero-order valence-corrected chi connectivity index (χ0v) is 8.08. The highest BCUT2D eigenvalue weighted by Crippen LogP contribution is 2.00. The Kier molecular flexibility index (Phi) is 6.98. The third-order valence-corrected chi connectivity index (χ3v) is 1.44. The summed E-state index contributed by atoms with van der Waals surface area (Å²) in [5.41, 5.74) is 1.05. The Morgan fingerprint density at radius 1 is 1.20 bits per heavy atom. The molecule has 3 nitrogen and oxygen atoms in total. The molecule has 0 spiro atoms. The third-order valence-electron chi connectivity index (χ3n) is 1.44. The number of benzene rings is 1. The molecule has 1 N–H and O–H groups in total. The van der Waals surface area contributed by atoms with Gasteiger partial charge in [0, 0.05) is 12.6 Å². The molecule has 0 aliphatic carbocycles. The summed E-state index contributed by atoms with van der Waals surface area (Å²) in [5, 5.41) is 14.8. The van der Waals surface area contributed by atoms with Gasteiger partial charge in [-0.3, -0.25) is 0 Å². The van der Waals surface area contributed by atoms with E-state index in [0.29, 0.717) is 0 Å². The molecule has 0 bridgehead atoms. The lowest BCUT2D eigenvalue weighted by Gasteiger charge is -1.87. The Bertz CT molecular complexity index is 364. The average molecular weight is 201 g/mol. The Morgan fingerprint density at radius 2 is 1.80 bits per heavy atom. The van der Waals surface area contributed by atoms with E-state index in [-0.39, 0.29) is 0 Å². The molecule has 0 heterocycles. The predicted molar refractivity (Wildman–Crippen MR) is 58.9 cm³/mol. The van der Waals surface area contributed by atoms with Crippen molar-refractivity contribution in [2.45, 2.75) is 0 Å². The fourth-order valence-electron chi connectivity index (χ4n) is 0.869. The minimum atomic E-state index is -0.933. The van der Waals surface area contributed by atoms with Crippen LogP contribution in [0.2, 0.25) is 0 Å². The molecule has 0 aromatic heterocycles. The topological polar surface area (TPSA) is 61.1 Å². The van der Waals surface area contributed by atoms with Crippen molar-refractivity contribution in [2.24, 2.45) is 0 Å². The van der Waals surface area contributed by atoms with Crippen LogP contribution in [0.1, 0.15) is 5.56 Å². The molecule has 0 fully saturated rings. The molecule has 0 aliphatic heterocycles. The Morgan fingerprint density at radius 3 is 2.33 bits per heavy atom. The maximum atomic E-state index is 10.1. The normalized spacial score (nSPS) is 9.73. The van der Waals surface area contributed by atoms with Gasteiger partial charge in [0.25, 0.3) is 0 Å². The molecule has 1 aromatic carbocycles. The van der Waals surface area contributed by atoms with Crippen LogP contribution in [0, 0.1) is 11.8 Å². The summed E-state index contributed by atoms with van der Waals surface area (Å²) in [6.07, 6.45) is 6.14. The van der Waals surface area contributed by atoms with Crippen molar-refractivity contribution in [2.75, 3.05) is 0 Å². The van der Waals surface area contributed by atoms with Crippen LogP contribution in [0.15, 0.2) is 48.6 Å².